The monoisotopic (exact) mass is 346 g/mol. The molecule has 0 atom stereocenters. The Kier molecular flexibility index (Phi) is 4.99. The fourth-order valence-electron chi connectivity index (χ4n) is 2.74. The molecule has 1 aromatic heterocycles. The van der Waals surface area contributed by atoms with Crippen molar-refractivity contribution in [2.45, 2.75) is 6.92 Å². The Bertz CT molecular complexity index is 1050. The van der Waals surface area contributed by atoms with E-state index in [0.29, 0.717) is 17.4 Å². The molecule has 3 aromatic rings. The quantitative estimate of drug-likeness (QED) is 0.546. The summed E-state index contributed by atoms with van der Waals surface area (Å²) in [5, 5.41) is 20.5. The SMILES string of the molecule is CCN(C/C(O)=C(\C#N)c1nc2ccccc2c(=O)[nH]1)c1ccccc1. The maximum atomic E-state index is 12.2. The Balaban J connectivity index is 2.01. The van der Waals surface area contributed by atoms with Gasteiger partial charge in [0, 0.05) is 12.2 Å². The van der Waals surface area contributed by atoms with Crippen LogP contribution in [0, 0.1) is 11.3 Å². The van der Waals surface area contributed by atoms with Crippen molar-refractivity contribution in [3.05, 3.63) is 76.5 Å². The molecule has 0 amide bonds. The zero-order valence-corrected chi connectivity index (χ0v) is 14.3. The van der Waals surface area contributed by atoms with Crippen LogP contribution in [0.5, 0.6) is 0 Å². The number of aromatic nitrogens is 2. The van der Waals surface area contributed by atoms with Gasteiger partial charge in [0.25, 0.3) is 5.56 Å². The van der Waals surface area contributed by atoms with Gasteiger partial charge in [-0.05, 0) is 31.2 Å². The van der Waals surface area contributed by atoms with E-state index in [-0.39, 0.29) is 29.3 Å². The minimum absolute atomic E-state index is 0.0396. The first-order chi connectivity index (χ1) is 12.6. The summed E-state index contributed by atoms with van der Waals surface area (Å²) < 4.78 is 0. The molecule has 6 nitrogen and oxygen atoms in total. The number of hydrogen-bond acceptors (Lipinski definition) is 5. The Hall–Kier alpha value is -3.59. The number of likely N-dealkylation sites (N-methyl/N-ethyl adjacent to an activating group) is 1. The van der Waals surface area contributed by atoms with Gasteiger partial charge in [-0.3, -0.25) is 4.79 Å². The van der Waals surface area contributed by atoms with Gasteiger partial charge in [0.05, 0.1) is 17.4 Å². The Labute approximate surface area is 150 Å². The van der Waals surface area contributed by atoms with Gasteiger partial charge in [0.1, 0.15) is 17.4 Å². The minimum Gasteiger partial charge on any atom is -0.509 e. The van der Waals surface area contributed by atoms with Crippen molar-refractivity contribution < 1.29 is 5.11 Å². The summed E-state index contributed by atoms with van der Waals surface area (Å²) >= 11 is 0. The molecule has 0 aliphatic heterocycles. The van der Waals surface area contributed by atoms with Crippen LogP contribution in [0.15, 0.2) is 65.2 Å². The molecule has 2 N–H and O–H groups in total. The topological polar surface area (TPSA) is 93.0 Å². The first-order valence-electron chi connectivity index (χ1n) is 8.25. The number of anilines is 1. The van der Waals surface area contributed by atoms with Crippen molar-refractivity contribution >= 4 is 22.2 Å². The van der Waals surface area contributed by atoms with Crippen molar-refractivity contribution in [1.82, 2.24) is 9.97 Å². The molecular weight excluding hydrogens is 328 g/mol. The van der Waals surface area contributed by atoms with Gasteiger partial charge in [-0.15, -0.1) is 0 Å². The molecular formula is C20H18N4O2. The van der Waals surface area contributed by atoms with E-state index in [9.17, 15) is 15.2 Å². The first-order valence-corrected chi connectivity index (χ1v) is 8.25. The normalized spacial score (nSPS) is 11.7. The predicted molar refractivity (Wildman–Crippen MR) is 102 cm³/mol. The zero-order valence-electron chi connectivity index (χ0n) is 14.3. The molecule has 26 heavy (non-hydrogen) atoms. The average molecular weight is 346 g/mol. The zero-order chi connectivity index (χ0) is 18.5. The summed E-state index contributed by atoms with van der Waals surface area (Å²) in [5.74, 6) is -0.0746. The number of rotatable bonds is 5. The molecule has 130 valence electrons. The van der Waals surface area contributed by atoms with Gasteiger partial charge in [-0.1, -0.05) is 30.3 Å². The summed E-state index contributed by atoms with van der Waals surface area (Å²) in [6, 6.07) is 18.4. The highest BCUT2D eigenvalue weighted by molar-refractivity contribution is 5.81. The Morgan fingerprint density at radius 1 is 1.19 bits per heavy atom. The highest BCUT2D eigenvalue weighted by atomic mass is 16.3. The van der Waals surface area contributed by atoms with E-state index < -0.39 is 0 Å². The summed E-state index contributed by atoms with van der Waals surface area (Å²) in [4.78, 5) is 21.1. The number of nitrogens with zero attached hydrogens (tertiary/aromatic N) is 3. The fourth-order valence-corrected chi connectivity index (χ4v) is 2.74. The lowest BCUT2D eigenvalue weighted by molar-refractivity contribution is 0.402. The lowest BCUT2D eigenvalue weighted by Gasteiger charge is -2.23. The number of aromatic amines is 1. The van der Waals surface area contributed by atoms with Crippen LogP contribution < -0.4 is 10.5 Å². The highest BCUT2D eigenvalue weighted by Gasteiger charge is 2.15. The second-order valence-corrected chi connectivity index (χ2v) is 5.71. The van der Waals surface area contributed by atoms with E-state index in [1.165, 1.54) is 0 Å². The lowest BCUT2D eigenvalue weighted by Crippen LogP contribution is -2.26. The molecule has 0 saturated heterocycles. The second kappa shape index (κ2) is 7.53. The standard InChI is InChI=1S/C20H18N4O2/c1-2-24(14-8-4-3-5-9-14)13-18(25)16(12-21)19-22-17-11-7-6-10-15(17)20(26)23-19/h3-11,25H,2,13H2,1H3,(H,22,23,26)/b18-16-. The molecule has 2 aromatic carbocycles. The van der Waals surface area contributed by atoms with Crippen LogP contribution >= 0.6 is 0 Å². The molecule has 0 fully saturated rings. The predicted octanol–water partition coefficient (Wildman–Crippen LogP) is 3.24. The number of nitriles is 1. The molecule has 0 aliphatic rings. The van der Waals surface area contributed by atoms with Gasteiger partial charge in [0.2, 0.25) is 0 Å². The molecule has 0 saturated carbocycles. The van der Waals surface area contributed by atoms with Crippen LogP contribution in [-0.4, -0.2) is 28.2 Å². The van der Waals surface area contributed by atoms with Gasteiger partial charge in [-0.2, -0.15) is 5.26 Å². The van der Waals surface area contributed by atoms with E-state index in [2.05, 4.69) is 9.97 Å². The fraction of sp³-hybridized carbons (Fsp3) is 0.150. The third kappa shape index (κ3) is 3.42. The lowest BCUT2D eigenvalue weighted by atomic mass is 10.2. The molecule has 0 unspecified atom stereocenters. The number of allylic oxidation sites excluding steroid dienone is 1. The number of aliphatic hydroxyl groups excluding tert-OH is 1. The van der Waals surface area contributed by atoms with Crippen molar-refractivity contribution in [1.29, 1.82) is 5.26 Å². The second-order valence-electron chi connectivity index (χ2n) is 5.71. The van der Waals surface area contributed by atoms with Crippen LogP contribution in [0.1, 0.15) is 12.7 Å². The van der Waals surface area contributed by atoms with Crippen molar-refractivity contribution in [2.75, 3.05) is 18.0 Å². The van der Waals surface area contributed by atoms with Crippen molar-refractivity contribution in [2.24, 2.45) is 0 Å². The number of hydrogen-bond donors (Lipinski definition) is 2. The van der Waals surface area contributed by atoms with Crippen LogP contribution in [0.4, 0.5) is 5.69 Å². The van der Waals surface area contributed by atoms with Gasteiger partial charge >= 0.3 is 0 Å². The third-order valence-electron chi connectivity index (χ3n) is 4.09. The Morgan fingerprint density at radius 3 is 2.58 bits per heavy atom. The van der Waals surface area contributed by atoms with Crippen LogP contribution in [0.25, 0.3) is 16.5 Å². The van der Waals surface area contributed by atoms with E-state index in [4.69, 9.17) is 0 Å². The maximum Gasteiger partial charge on any atom is 0.259 e. The number of benzene rings is 2. The Morgan fingerprint density at radius 2 is 1.88 bits per heavy atom. The van der Waals surface area contributed by atoms with Crippen molar-refractivity contribution in [3.63, 3.8) is 0 Å². The molecule has 3 rings (SSSR count). The summed E-state index contributed by atoms with van der Waals surface area (Å²) in [5.41, 5.74) is 1.02. The maximum absolute atomic E-state index is 12.2. The first kappa shape index (κ1) is 17.2. The summed E-state index contributed by atoms with van der Waals surface area (Å²) in [6.45, 7) is 2.75. The average Bonchev–Trinajstić information content (AvgIpc) is 2.67. The largest absolute Gasteiger partial charge is 0.509 e. The number of aliphatic hydroxyl groups is 1. The van der Waals surface area contributed by atoms with Crippen LogP contribution in [0.3, 0.4) is 0 Å². The van der Waals surface area contributed by atoms with Crippen LogP contribution in [0.2, 0.25) is 0 Å². The minimum atomic E-state index is -0.346. The van der Waals surface area contributed by atoms with Gasteiger partial charge in [0.15, 0.2) is 5.82 Å². The van der Waals surface area contributed by atoms with E-state index in [1.807, 2.05) is 48.2 Å². The molecule has 6 heteroatoms. The molecule has 0 bridgehead atoms. The molecule has 0 aliphatic carbocycles. The summed E-state index contributed by atoms with van der Waals surface area (Å²) in [7, 11) is 0. The van der Waals surface area contributed by atoms with E-state index in [1.54, 1.807) is 24.3 Å². The van der Waals surface area contributed by atoms with E-state index >= 15 is 0 Å². The number of fused-ring (bicyclic) bond motifs is 1. The summed E-state index contributed by atoms with van der Waals surface area (Å²) in [6.07, 6.45) is 0. The van der Waals surface area contributed by atoms with Crippen LogP contribution in [-0.2, 0) is 0 Å². The molecule has 1 heterocycles. The van der Waals surface area contributed by atoms with E-state index in [0.717, 1.165) is 5.69 Å². The molecule has 0 spiro atoms. The highest BCUT2D eigenvalue weighted by Crippen LogP contribution is 2.19. The van der Waals surface area contributed by atoms with Gasteiger partial charge < -0.3 is 15.0 Å². The smallest absolute Gasteiger partial charge is 0.259 e. The van der Waals surface area contributed by atoms with Crippen molar-refractivity contribution in [3.8, 4) is 6.07 Å². The third-order valence-corrected chi connectivity index (χ3v) is 4.09. The molecule has 0 radical (unpaired) electrons. The van der Waals surface area contributed by atoms with Gasteiger partial charge in [-0.25, -0.2) is 4.98 Å². The number of para-hydroxylation sites is 2. The number of H-pyrrole nitrogens is 1. The number of nitrogens with one attached hydrogen (secondary N) is 1.